The zero-order valence-electron chi connectivity index (χ0n) is 11.2. The fraction of sp³-hybridized carbons (Fsp3) is 0.188. The standard InChI is InChI=1S/C16H15ClN2/c1-10-7-11(2)19-15(8-10)18-12(3)16(19)13-5-4-6-14(17)9-13/h4-9H,1-3H3. The highest BCUT2D eigenvalue weighted by atomic mass is 35.5. The Morgan fingerprint density at radius 3 is 2.58 bits per heavy atom. The van der Waals surface area contributed by atoms with Crippen LogP contribution in [0, 0.1) is 20.8 Å². The third-order valence-electron chi connectivity index (χ3n) is 3.32. The van der Waals surface area contributed by atoms with Crippen LogP contribution in [-0.2, 0) is 0 Å². The van der Waals surface area contributed by atoms with Crippen LogP contribution in [0.2, 0.25) is 5.02 Å². The summed E-state index contributed by atoms with van der Waals surface area (Å²) >= 11 is 6.10. The molecule has 0 radical (unpaired) electrons. The highest BCUT2D eigenvalue weighted by Gasteiger charge is 2.13. The molecule has 19 heavy (non-hydrogen) atoms. The van der Waals surface area contributed by atoms with E-state index in [1.807, 2.05) is 25.1 Å². The summed E-state index contributed by atoms with van der Waals surface area (Å²) in [6.45, 7) is 6.24. The third-order valence-corrected chi connectivity index (χ3v) is 3.56. The number of hydrogen-bond acceptors (Lipinski definition) is 1. The van der Waals surface area contributed by atoms with Crippen LogP contribution in [-0.4, -0.2) is 9.38 Å². The molecule has 0 saturated carbocycles. The van der Waals surface area contributed by atoms with Crippen molar-refractivity contribution in [3.63, 3.8) is 0 Å². The second-order valence-electron chi connectivity index (χ2n) is 4.92. The Morgan fingerprint density at radius 1 is 1.05 bits per heavy atom. The average molecular weight is 271 g/mol. The van der Waals surface area contributed by atoms with Gasteiger partial charge in [0.25, 0.3) is 0 Å². The number of benzene rings is 1. The Balaban J connectivity index is 2.38. The summed E-state index contributed by atoms with van der Waals surface area (Å²) in [5.41, 5.74) is 6.65. The molecule has 0 N–H and O–H groups in total. The van der Waals surface area contributed by atoms with Crippen LogP contribution in [0.25, 0.3) is 16.9 Å². The highest BCUT2D eigenvalue weighted by molar-refractivity contribution is 6.30. The first-order valence-electron chi connectivity index (χ1n) is 6.28. The van der Waals surface area contributed by atoms with E-state index in [-0.39, 0.29) is 0 Å². The summed E-state index contributed by atoms with van der Waals surface area (Å²) in [5, 5.41) is 0.747. The van der Waals surface area contributed by atoms with E-state index in [1.54, 1.807) is 0 Å². The van der Waals surface area contributed by atoms with E-state index in [4.69, 9.17) is 11.6 Å². The zero-order chi connectivity index (χ0) is 13.6. The molecule has 2 aromatic heterocycles. The smallest absolute Gasteiger partial charge is 0.137 e. The molecule has 0 fully saturated rings. The Labute approximate surface area is 117 Å². The van der Waals surface area contributed by atoms with Gasteiger partial charge in [0.15, 0.2) is 0 Å². The van der Waals surface area contributed by atoms with Gasteiger partial charge in [-0.15, -0.1) is 0 Å². The summed E-state index contributed by atoms with van der Waals surface area (Å²) in [6.07, 6.45) is 0. The number of pyridine rings is 1. The maximum atomic E-state index is 6.10. The van der Waals surface area contributed by atoms with Gasteiger partial charge in [0, 0.05) is 16.3 Å². The molecule has 0 spiro atoms. The number of aromatic nitrogens is 2. The quantitative estimate of drug-likeness (QED) is 0.633. The normalized spacial score (nSPS) is 11.2. The molecule has 0 atom stereocenters. The fourth-order valence-electron chi connectivity index (χ4n) is 2.62. The summed E-state index contributed by atoms with van der Waals surface area (Å²) in [5.74, 6) is 0. The van der Waals surface area contributed by atoms with E-state index in [9.17, 15) is 0 Å². The van der Waals surface area contributed by atoms with Crippen molar-refractivity contribution in [2.24, 2.45) is 0 Å². The molecule has 0 saturated heterocycles. The van der Waals surface area contributed by atoms with Crippen molar-refractivity contribution in [3.05, 3.63) is 58.4 Å². The molecule has 2 heterocycles. The van der Waals surface area contributed by atoms with Crippen molar-refractivity contribution >= 4 is 17.2 Å². The number of aryl methyl sites for hydroxylation is 3. The second kappa shape index (κ2) is 4.39. The number of imidazole rings is 1. The molecule has 3 aromatic rings. The summed E-state index contributed by atoms with van der Waals surface area (Å²) in [6, 6.07) is 12.2. The van der Waals surface area contributed by atoms with Crippen molar-refractivity contribution in [2.75, 3.05) is 0 Å². The highest BCUT2D eigenvalue weighted by Crippen LogP contribution is 2.28. The molecule has 0 aliphatic heterocycles. The van der Waals surface area contributed by atoms with Crippen LogP contribution in [0.3, 0.4) is 0 Å². The molecular formula is C16H15ClN2. The van der Waals surface area contributed by atoms with Crippen LogP contribution in [0.4, 0.5) is 0 Å². The van der Waals surface area contributed by atoms with Gasteiger partial charge >= 0.3 is 0 Å². The minimum atomic E-state index is 0.747. The molecule has 0 unspecified atom stereocenters. The Kier molecular flexibility index (Phi) is 2.83. The fourth-order valence-corrected chi connectivity index (χ4v) is 2.81. The Hall–Kier alpha value is -1.80. The molecule has 2 nitrogen and oxygen atoms in total. The van der Waals surface area contributed by atoms with Gasteiger partial charge in [-0.2, -0.15) is 0 Å². The minimum Gasteiger partial charge on any atom is -0.297 e. The number of rotatable bonds is 1. The predicted octanol–water partition coefficient (Wildman–Crippen LogP) is 4.58. The van der Waals surface area contributed by atoms with Gasteiger partial charge < -0.3 is 0 Å². The second-order valence-corrected chi connectivity index (χ2v) is 5.36. The van der Waals surface area contributed by atoms with Gasteiger partial charge in [0.2, 0.25) is 0 Å². The Morgan fingerprint density at radius 2 is 1.84 bits per heavy atom. The maximum absolute atomic E-state index is 6.10. The number of nitrogens with zero attached hydrogens (tertiary/aromatic N) is 2. The van der Waals surface area contributed by atoms with Gasteiger partial charge in [0.05, 0.1) is 11.4 Å². The summed E-state index contributed by atoms with van der Waals surface area (Å²) in [4.78, 5) is 4.66. The molecule has 0 aliphatic carbocycles. The minimum absolute atomic E-state index is 0.747. The summed E-state index contributed by atoms with van der Waals surface area (Å²) in [7, 11) is 0. The SMILES string of the molecule is Cc1cc(C)n2c(-c3cccc(Cl)c3)c(C)nc2c1. The third kappa shape index (κ3) is 2.02. The first-order valence-corrected chi connectivity index (χ1v) is 6.66. The van der Waals surface area contributed by atoms with E-state index >= 15 is 0 Å². The van der Waals surface area contributed by atoms with Gasteiger partial charge in [-0.1, -0.05) is 23.7 Å². The molecule has 1 aromatic carbocycles. The van der Waals surface area contributed by atoms with E-state index in [0.29, 0.717) is 0 Å². The van der Waals surface area contributed by atoms with Gasteiger partial charge in [-0.25, -0.2) is 4.98 Å². The van der Waals surface area contributed by atoms with Crippen molar-refractivity contribution in [2.45, 2.75) is 20.8 Å². The van der Waals surface area contributed by atoms with Crippen molar-refractivity contribution < 1.29 is 0 Å². The monoisotopic (exact) mass is 270 g/mol. The molecule has 96 valence electrons. The van der Waals surface area contributed by atoms with Crippen molar-refractivity contribution in [1.82, 2.24) is 9.38 Å². The van der Waals surface area contributed by atoms with E-state index < -0.39 is 0 Å². The molecule has 3 rings (SSSR count). The molecule has 0 amide bonds. The van der Waals surface area contributed by atoms with Crippen LogP contribution in [0.5, 0.6) is 0 Å². The van der Waals surface area contributed by atoms with Crippen LogP contribution in [0.15, 0.2) is 36.4 Å². The van der Waals surface area contributed by atoms with Crippen molar-refractivity contribution in [1.29, 1.82) is 0 Å². The van der Waals surface area contributed by atoms with Gasteiger partial charge in [0.1, 0.15) is 5.65 Å². The van der Waals surface area contributed by atoms with Crippen LogP contribution in [0.1, 0.15) is 17.0 Å². The molecule has 3 heteroatoms. The number of fused-ring (bicyclic) bond motifs is 1. The number of halogens is 1. The lowest BCUT2D eigenvalue weighted by atomic mass is 10.1. The van der Waals surface area contributed by atoms with Gasteiger partial charge in [-0.05, 0) is 50.6 Å². The lowest BCUT2D eigenvalue weighted by Gasteiger charge is -2.08. The molecule has 0 bridgehead atoms. The van der Waals surface area contributed by atoms with Crippen LogP contribution < -0.4 is 0 Å². The van der Waals surface area contributed by atoms with Gasteiger partial charge in [-0.3, -0.25) is 4.40 Å². The zero-order valence-corrected chi connectivity index (χ0v) is 12.0. The lowest BCUT2D eigenvalue weighted by molar-refractivity contribution is 1.09. The topological polar surface area (TPSA) is 17.3 Å². The van der Waals surface area contributed by atoms with E-state index in [2.05, 4.69) is 41.4 Å². The Bertz CT molecular complexity index is 772. The first-order chi connectivity index (χ1) is 9.06. The maximum Gasteiger partial charge on any atom is 0.137 e. The molecular weight excluding hydrogens is 256 g/mol. The summed E-state index contributed by atoms with van der Waals surface area (Å²) < 4.78 is 2.19. The number of hydrogen-bond donors (Lipinski definition) is 0. The first kappa shape index (κ1) is 12.2. The molecule has 0 aliphatic rings. The largest absolute Gasteiger partial charge is 0.297 e. The predicted molar refractivity (Wildman–Crippen MR) is 79.8 cm³/mol. The van der Waals surface area contributed by atoms with E-state index in [1.165, 1.54) is 11.3 Å². The average Bonchev–Trinajstić information content (AvgIpc) is 2.65. The van der Waals surface area contributed by atoms with Crippen LogP contribution >= 0.6 is 11.6 Å². The van der Waals surface area contributed by atoms with E-state index in [0.717, 1.165) is 27.6 Å². The lowest BCUT2D eigenvalue weighted by Crippen LogP contribution is -1.95. The van der Waals surface area contributed by atoms with Crippen molar-refractivity contribution in [3.8, 4) is 11.3 Å².